The number of rotatable bonds is 2. The van der Waals surface area contributed by atoms with Gasteiger partial charge in [0, 0.05) is 31.0 Å². The Morgan fingerprint density at radius 3 is 2.88 bits per heavy atom. The normalized spacial score (nSPS) is 16.6. The zero-order valence-corrected chi connectivity index (χ0v) is 9.54. The number of anilines is 1. The van der Waals surface area contributed by atoms with Crippen LogP contribution in [0.1, 0.15) is 5.82 Å². The number of aromatic nitrogens is 3. The van der Waals surface area contributed by atoms with Crippen LogP contribution in [0.25, 0.3) is 5.65 Å². The predicted octanol–water partition coefficient (Wildman–Crippen LogP) is 0.0246. The minimum Gasteiger partial charge on any atom is -0.378 e. The van der Waals surface area contributed by atoms with Crippen LogP contribution in [0.5, 0.6) is 0 Å². The summed E-state index contributed by atoms with van der Waals surface area (Å²) in [5.74, 6) is 0.786. The van der Waals surface area contributed by atoms with Gasteiger partial charge < -0.3 is 15.4 Å². The van der Waals surface area contributed by atoms with Crippen LogP contribution in [0.4, 0.5) is 5.69 Å². The summed E-state index contributed by atoms with van der Waals surface area (Å²) < 4.78 is 7.26. The van der Waals surface area contributed by atoms with Gasteiger partial charge in [-0.15, -0.1) is 10.2 Å². The van der Waals surface area contributed by atoms with Gasteiger partial charge in [0.15, 0.2) is 11.5 Å². The molecule has 0 amide bonds. The smallest absolute Gasteiger partial charge is 0.162 e. The molecule has 0 spiro atoms. The van der Waals surface area contributed by atoms with Crippen molar-refractivity contribution in [2.45, 2.75) is 6.54 Å². The first kappa shape index (κ1) is 10.5. The highest BCUT2D eigenvalue weighted by Crippen LogP contribution is 2.17. The molecule has 0 radical (unpaired) electrons. The van der Waals surface area contributed by atoms with Crippen LogP contribution in [0, 0.1) is 0 Å². The van der Waals surface area contributed by atoms with Crippen molar-refractivity contribution in [3.8, 4) is 0 Å². The van der Waals surface area contributed by atoms with Gasteiger partial charge in [-0.1, -0.05) is 0 Å². The van der Waals surface area contributed by atoms with E-state index in [1.165, 1.54) is 0 Å². The minimum absolute atomic E-state index is 0.401. The number of ether oxygens (including phenoxy) is 1. The molecule has 3 heterocycles. The van der Waals surface area contributed by atoms with Crippen LogP contribution in [-0.4, -0.2) is 40.9 Å². The average Bonchev–Trinajstić information content (AvgIpc) is 2.81. The molecular formula is C11H15N5O. The van der Waals surface area contributed by atoms with Crippen LogP contribution >= 0.6 is 0 Å². The van der Waals surface area contributed by atoms with E-state index in [0.29, 0.717) is 6.54 Å². The molecule has 17 heavy (non-hydrogen) atoms. The van der Waals surface area contributed by atoms with E-state index in [9.17, 15) is 0 Å². The van der Waals surface area contributed by atoms with E-state index in [4.69, 9.17) is 10.5 Å². The first-order valence-corrected chi connectivity index (χ1v) is 5.75. The fourth-order valence-electron chi connectivity index (χ4n) is 2.09. The van der Waals surface area contributed by atoms with E-state index in [1.807, 2.05) is 16.7 Å². The fraction of sp³-hybridized carbons (Fsp3) is 0.455. The van der Waals surface area contributed by atoms with Crippen LogP contribution < -0.4 is 10.6 Å². The molecule has 1 saturated heterocycles. The number of nitrogens with zero attached hydrogens (tertiary/aromatic N) is 4. The zero-order valence-electron chi connectivity index (χ0n) is 9.54. The monoisotopic (exact) mass is 233 g/mol. The van der Waals surface area contributed by atoms with E-state index in [2.05, 4.69) is 21.2 Å². The molecule has 2 aromatic heterocycles. The van der Waals surface area contributed by atoms with E-state index in [0.717, 1.165) is 43.5 Å². The Labute approximate surface area is 99.0 Å². The molecule has 6 heteroatoms. The van der Waals surface area contributed by atoms with E-state index in [1.54, 1.807) is 0 Å². The predicted molar refractivity (Wildman–Crippen MR) is 63.9 cm³/mol. The first-order valence-electron chi connectivity index (χ1n) is 5.75. The van der Waals surface area contributed by atoms with Crippen LogP contribution in [0.15, 0.2) is 18.3 Å². The molecular weight excluding hydrogens is 218 g/mol. The lowest BCUT2D eigenvalue weighted by Crippen LogP contribution is -2.36. The standard InChI is InChI=1S/C11H15N5O/c12-8-11-14-13-10-7-9(1-2-16(10)11)15-3-5-17-6-4-15/h1-2,7H,3-6,8,12H2. The Morgan fingerprint density at radius 2 is 2.12 bits per heavy atom. The SMILES string of the molecule is NCc1nnc2cc(N3CCOCC3)ccn12. The van der Waals surface area contributed by atoms with Gasteiger partial charge in [0.25, 0.3) is 0 Å². The van der Waals surface area contributed by atoms with Gasteiger partial charge in [-0.3, -0.25) is 4.40 Å². The number of hydrogen-bond acceptors (Lipinski definition) is 5. The molecule has 0 atom stereocenters. The Hall–Kier alpha value is -1.66. The second kappa shape index (κ2) is 4.31. The highest BCUT2D eigenvalue weighted by atomic mass is 16.5. The molecule has 2 aromatic rings. The van der Waals surface area contributed by atoms with Crippen molar-refractivity contribution in [3.05, 3.63) is 24.2 Å². The topological polar surface area (TPSA) is 68.7 Å². The summed E-state index contributed by atoms with van der Waals surface area (Å²) in [7, 11) is 0. The van der Waals surface area contributed by atoms with E-state index in [-0.39, 0.29) is 0 Å². The third-order valence-electron chi connectivity index (χ3n) is 3.02. The highest BCUT2D eigenvalue weighted by Gasteiger charge is 2.12. The summed E-state index contributed by atoms with van der Waals surface area (Å²) in [6, 6.07) is 4.11. The van der Waals surface area contributed by atoms with Crippen molar-refractivity contribution in [1.29, 1.82) is 0 Å². The Morgan fingerprint density at radius 1 is 1.29 bits per heavy atom. The molecule has 1 aliphatic rings. The Kier molecular flexibility index (Phi) is 2.66. The molecule has 0 unspecified atom stereocenters. The van der Waals surface area contributed by atoms with Gasteiger partial charge in [-0.25, -0.2) is 0 Å². The largest absolute Gasteiger partial charge is 0.378 e. The second-order valence-electron chi connectivity index (χ2n) is 4.03. The molecule has 90 valence electrons. The average molecular weight is 233 g/mol. The molecule has 3 rings (SSSR count). The van der Waals surface area contributed by atoms with Gasteiger partial charge in [0.05, 0.1) is 19.8 Å². The number of fused-ring (bicyclic) bond motifs is 1. The Bertz CT molecular complexity index is 518. The van der Waals surface area contributed by atoms with Gasteiger partial charge in [-0.05, 0) is 6.07 Å². The van der Waals surface area contributed by atoms with E-state index < -0.39 is 0 Å². The number of nitrogens with two attached hydrogens (primary N) is 1. The van der Waals surface area contributed by atoms with Gasteiger partial charge in [0.1, 0.15) is 0 Å². The highest BCUT2D eigenvalue weighted by molar-refractivity contribution is 5.56. The summed E-state index contributed by atoms with van der Waals surface area (Å²) in [6.45, 7) is 3.82. The van der Waals surface area contributed by atoms with Gasteiger partial charge in [0.2, 0.25) is 0 Å². The van der Waals surface area contributed by atoms with Crippen molar-refractivity contribution in [3.63, 3.8) is 0 Å². The minimum atomic E-state index is 0.401. The lowest BCUT2D eigenvalue weighted by atomic mass is 10.3. The van der Waals surface area contributed by atoms with Crippen molar-refractivity contribution < 1.29 is 4.74 Å². The quantitative estimate of drug-likeness (QED) is 0.792. The zero-order chi connectivity index (χ0) is 11.7. The molecule has 1 aliphatic heterocycles. The summed E-state index contributed by atoms with van der Waals surface area (Å²) in [4.78, 5) is 2.29. The fourth-order valence-corrected chi connectivity index (χ4v) is 2.09. The summed E-state index contributed by atoms with van der Waals surface area (Å²) in [6.07, 6.45) is 1.97. The molecule has 0 saturated carbocycles. The van der Waals surface area contributed by atoms with Crippen molar-refractivity contribution in [2.24, 2.45) is 5.73 Å². The second-order valence-corrected chi connectivity index (χ2v) is 4.03. The van der Waals surface area contributed by atoms with Gasteiger partial charge >= 0.3 is 0 Å². The van der Waals surface area contributed by atoms with Crippen molar-refractivity contribution in [1.82, 2.24) is 14.6 Å². The molecule has 0 aliphatic carbocycles. The van der Waals surface area contributed by atoms with Crippen LogP contribution in [0.2, 0.25) is 0 Å². The third kappa shape index (κ3) is 1.85. The molecule has 0 aromatic carbocycles. The van der Waals surface area contributed by atoms with Crippen LogP contribution in [-0.2, 0) is 11.3 Å². The number of pyridine rings is 1. The van der Waals surface area contributed by atoms with Crippen molar-refractivity contribution in [2.75, 3.05) is 31.2 Å². The summed E-state index contributed by atoms with van der Waals surface area (Å²) >= 11 is 0. The first-order chi connectivity index (χ1) is 8.38. The molecule has 2 N–H and O–H groups in total. The van der Waals surface area contributed by atoms with E-state index >= 15 is 0 Å². The third-order valence-corrected chi connectivity index (χ3v) is 3.02. The maximum Gasteiger partial charge on any atom is 0.162 e. The number of morpholine rings is 1. The van der Waals surface area contributed by atoms with Crippen molar-refractivity contribution >= 4 is 11.3 Å². The van der Waals surface area contributed by atoms with Crippen LogP contribution in [0.3, 0.4) is 0 Å². The lowest BCUT2D eigenvalue weighted by molar-refractivity contribution is 0.122. The van der Waals surface area contributed by atoms with Gasteiger partial charge in [-0.2, -0.15) is 0 Å². The Balaban J connectivity index is 1.95. The maximum absolute atomic E-state index is 5.59. The molecule has 1 fully saturated rings. The summed E-state index contributed by atoms with van der Waals surface area (Å²) in [5.41, 5.74) is 7.60. The maximum atomic E-state index is 5.59. The molecule has 6 nitrogen and oxygen atoms in total. The summed E-state index contributed by atoms with van der Waals surface area (Å²) in [5, 5.41) is 8.16. The number of hydrogen-bond donors (Lipinski definition) is 1. The lowest BCUT2D eigenvalue weighted by Gasteiger charge is -2.28. The molecule has 0 bridgehead atoms.